The molecule has 0 aliphatic carbocycles. The molecule has 37 heavy (non-hydrogen) atoms. The molecule has 2 rings (SSSR count). The molecule has 2 aromatic carbocycles. The summed E-state index contributed by atoms with van der Waals surface area (Å²) >= 11 is 0. The average Bonchev–Trinajstić information content (AvgIpc) is 2.91. The standard InChI is InChI=1S/2C8H6O4.C4H10O3.C2H6O2.C2H4/c9-7(10)5-1-2-6(4-3-5)8(11)12;9-7(10)5-2-1-3-6(4-5)8(11)12;5-1-3-7-4-2-6;3-1-2-4;1-2/h2*1-4H,(H,9,10)(H,11,12);5-6H,1-4H2;3-4H,1-2H2;1-2H2. The highest BCUT2D eigenvalue weighted by Crippen LogP contribution is 2.05. The Hall–Kier alpha value is -4.14. The molecule has 0 radical (unpaired) electrons. The second kappa shape index (κ2) is 25.0. The van der Waals surface area contributed by atoms with Crippen molar-refractivity contribution >= 4 is 23.9 Å². The fraction of sp³-hybridized carbons (Fsp3) is 0.250. The van der Waals surface area contributed by atoms with E-state index in [1.165, 1.54) is 42.5 Å². The van der Waals surface area contributed by atoms with Gasteiger partial charge in [-0.05, 0) is 42.5 Å². The van der Waals surface area contributed by atoms with Crippen LogP contribution in [0.5, 0.6) is 0 Å². The monoisotopic (exact) mass is 528 g/mol. The molecule has 0 heterocycles. The Kier molecular flexibility index (Phi) is 25.2. The van der Waals surface area contributed by atoms with E-state index < -0.39 is 23.9 Å². The Labute approximate surface area is 212 Å². The lowest BCUT2D eigenvalue weighted by atomic mass is 10.1. The van der Waals surface area contributed by atoms with Crippen LogP contribution in [0.25, 0.3) is 0 Å². The SMILES string of the molecule is C=C.O=C(O)c1ccc(C(=O)O)cc1.O=C(O)c1cccc(C(=O)O)c1.OCCO.OCCOCCO. The number of carbonyl (C=O) groups is 4. The molecule has 0 saturated carbocycles. The minimum atomic E-state index is -1.13. The number of aromatic carboxylic acids is 4. The van der Waals surface area contributed by atoms with Gasteiger partial charge in [-0.3, -0.25) is 0 Å². The van der Waals surface area contributed by atoms with Gasteiger partial charge in [0, 0.05) is 0 Å². The summed E-state index contributed by atoms with van der Waals surface area (Å²) in [6, 6.07) is 10.2. The summed E-state index contributed by atoms with van der Waals surface area (Å²) < 4.78 is 4.63. The number of benzene rings is 2. The van der Waals surface area contributed by atoms with E-state index in [0.717, 1.165) is 6.07 Å². The van der Waals surface area contributed by atoms with Crippen molar-refractivity contribution < 1.29 is 64.8 Å². The van der Waals surface area contributed by atoms with Crippen LogP contribution in [-0.2, 0) is 4.74 Å². The number of ether oxygens (including phenoxy) is 1. The van der Waals surface area contributed by atoms with E-state index in [2.05, 4.69) is 17.9 Å². The van der Waals surface area contributed by atoms with Crippen LogP contribution in [0.1, 0.15) is 41.4 Å². The average molecular weight is 529 g/mol. The number of carboxylic acid groups (broad SMARTS) is 4. The van der Waals surface area contributed by atoms with Crippen molar-refractivity contribution in [2.45, 2.75) is 0 Å². The molecule has 0 aliphatic rings. The van der Waals surface area contributed by atoms with E-state index in [-0.39, 0.29) is 48.7 Å². The van der Waals surface area contributed by atoms with Crippen LogP contribution >= 0.6 is 0 Å². The first-order valence-electron chi connectivity index (χ1n) is 10.2. The molecule has 13 nitrogen and oxygen atoms in total. The van der Waals surface area contributed by atoms with Gasteiger partial charge in [0.1, 0.15) is 0 Å². The fourth-order valence-electron chi connectivity index (χ4n) is 1.77. The molecule has 206 valence electrons. The van der Waals surface area contributed by atoms with Gasteiger partial charge in [-0.15, -0.1) is 13.2 Å². The van der Waals surface area contributed by atoms with Crippen LogP contribution in [0, 0.1) is 0 Å². The molecule has 0 bridgehead atoms. The first-order valence-corrected chi connectivity index (χ1v) is 10.2. The zero-order valence-corrected chi connectivity index (χ0v) is 19.9. The number of hydrogen-bond acceptors (Lipinski definition) is 9. The van der Waals surface area contributed by atoms with Crippen molar-refractivity contribution in [3.8, 4) is 0 Å². The Balaban J connectivity index is -0.000000435. The molecular formula is C24H32O13. The van der Waals surface area contributed by atoms with Crippen molar-refractivity contribution in [2.24, 2.45) is 0 Å². The highest BCUT2D eigenvalue weighted by molar-refractivity contribution is 5.93. The van der Waals surface area contributed by atoms with E-state index in [4.69, 9.17) is 40.9 Å². The normalized spacial score (nSPS) is 8.76. The van der Waals surface area contributed by atoms with Crippen LogP contribution in [0.15, 0.2) is 61.7 Å². The van der Waals surface area contributed by atoms with Gasteiger partial charge in [0.25, 0.3) is 0 Å². The van der Waals surface area contributed by atoms with Gasteiger partial charge in [-0.2, -0.15) is 0 Å². The topological polar surface area (TPSA) is 239 Å². The first-order chi connectivity index (χ1) is 17.5. The molecule has 0 spiro atoms. The third-order valence-electron chi connectivity index (χ3n) is 3.31. The highest BCUT2D eigenvalue weighted by atomic mass is 16.5. The predicted molar refractivity (Wildman–Crippen MR) is 131 cm³/mol. The zero-order chi connectivity index (χ0) is 29.2. The maximum Gasteiger partial charge on any atom is 0.335 e. The smallest absolute Gasteiger partial charge is 0.335 e. The minimum absolute atomic E-state index is 0.0186. The van der Waals surface area contributed by atoms with Crippen molar-refractivity contribution in [2.75, 3.05) is 39.6 Å². The zero-order valence-electron chi connectivity index (χ0n) is 19.9. The van der Waals surface area contributed by atoms with E-state index in [1.54, 1.807) is 0 Å². The summed E-state index contributed by atoms with van der Waals surface area (Å²) in [4.78, 5) is 41.4. The van der Waals surface area contributed by atoms with Gasteiger partial charge in [0.05, 0.1) is 61.9 Å². The van der Waals surface area contributed by atoms with E-state index in [1.807, 2.05) is 0 Å². The van der Waals surface area contributed by atoms with Crippen LogP contribution in [0.2, 0.25) is 0 Å². The van der Waals surface area contributed by atoms with Gasteiger partial charge in [0.2, 0.25) is 0 Å². The van der Waals surface area contributed by atoms with Gasteiger partial charge in [-0.25, -0.2) is 19.2 Å². The summed E-state index contributed by atoms with van der Waals surface area (Å²) in [5.41, 5.74) is 0.129. The summed E-state index contributed by atoms with van der Waals surface area (Å²) in [6.07, 6.45) is 0. The lowest BCUT2D eigenvalue weighted by Gasteiger charge is -1.95. The van der Waals surface area contributed by atoms with Crippen molar-refractivity contribution in [3.63, 3.8) is 0 Å². The molecule has 0 amide bonds. The minimum Gasteiger partial charge on any atom is -0.478 e. The van der Waals surface area contributed by atoms with Crippen LogP contribution in [0.4, 0.5) is 0 Å². The lowest BCUT2D eigenvalue weighted by molar-refractivity contribution is 0.0650. The molecule has 0 atom stereocenters. The fourth-order valence-corrected chi connectivity index (χ4v) is 1.77. The number of hydrogen-bond donors (Lipinski definition) is 8. The third kappa shape index (κ3) is 20.9. The Bertz CT molecular complexity index is 843. The molecule has 0 fully saturated rings. The maximum atomic E-state index is 10.4. The second-order valence-corrected chi connectivity index (χ2v) is 5.89. The number of aliphatic hydroxyl groups excluding tert-OH is 4. The molecule has 13 heteroatoms. The number of rotatable bonds is 9. The number of carboxylic acids is 4. The first kappa shape index (κ1) is 37.4. The Morgan fingerprint density at radius 3 is 1.05 bits per heavy atom. The highest BCUT2D eigenvalue weighted by Gasteiger charge is 2.07. The van der Waals surface area contributed by atoms with Gasteiger partial charge < -0.3 is 45.6 Å². The lowest BCUT2D eigenvalue weighted by Crippen LogP contribution is -2.03. The Morgan fingerprint density at radius 2 is 0.838 bits per heavy atom. The second-order valence-electron chi connectivity index (χ2n) is 5.89. The van der Waals surface area contributed by atoms with Crippen molar-refractivity contribution in [1.82, 2.24) is 0 Å². The van der Waals surface area contributed by atoms with E-state index in [0.29, 0.717) is 13.2 Å². The molecule has 8 N–H and O–H groups in total. The quantitative estimate of drug-likeness (QED) is 0.167. The maximum absolute atomic E-state index is 10.4. The van der Waals surface area contributed by atoms with Crippen LogP contribution in [0.3, 0.4) is 0 Å². The molecule has 2 aromatic rings. The van der Waals surface area contributed by atoms with Gasteiger partial charge in [-0.1, -0.05) is 6.07 Å². The van der Waals surface area contributed by atoms with E-state index in [9.17, 15) is 19.2 Å². The van der Waals surface area contributed by atoms with Gasteiger partial charge in [0.15, 0.2) is 0 Å². The van der Waals surface area contributed by atoms with Crippen molar-refractivity contribution in [1.29, 1.82) is 0 Å². The molecule has 0 saturated heterocycles. The predicted octanol–water partition coefficient (Wildman–Crippen LogP) is 0.927. The van der Waals surface area contributed by atoms with Crippen LogP contribution in [-0.4, -0.2) is 104 Å². The molecule has 0 aromatic heterocycles. The third-order valence-corrected chi connectivity index (χ3v) is 3.31. The van der Waals surface area contributed by atoms with Crippen molar-refractivity contribution in [3.05, 3.63) is 83.9 Å². The summed E-state index contributed by atoms with van der Waals surface area (Å²) in [5.74, 6) is -4.38. The number of aliphatic hydroxyl groups is 4. The summed E-state index contributed by atoms with van der Waals surface area (Å²) in [7, 11) is 0. The molecule has 0 aliphatic heterocycles. The molecule has 0 unspecified atom stereocenters. The Morgan fingerprint density at radius 1 is 0.541 bits per heavy atom. The summed E-state index contributed by atoms with van der Waals surface area (Å²) in [5, 5.41) is 65.4. The molecular weight excluding hydrogens is 496 g/mol. The van der Waals surface area contributed by atoms with Crippen LogP contribution < -0.4 is 0 Å². The largest absolute Gasteiger partial charge is 0.478 e. The summed E-state index contributed by atoms with van der Waals surface area (Å²) in [6.45, 7) is 6.45. The van der Waals surface area contributed by atoms with E-state index >= 15 is 0 Å². The van der Waals surface area contributed by atoms with Gasteiger partial charge >= 0.3 is 23.9 Å².